The second-order valence-electron chi connectivity index (χ2n) is 5.68. The van der Waals surface area contributed by atoms with Gasteiger partial charge in [0.2, 0.25) is 11.0 Å². The number of nitrogens with zero attached hydrogens (tertiary/aromatic N) is 3. The van der Waals surface area contributed by atoms with Gasteiger partial charge in [0.1, 0.15) is 5.76 Å². The third kappa shape index (κ3) is 4.71. The topological polar surface area (TPSA) is 71.3 Å². The summed E-state index contributed by atoms with van der Waals surface area (Å²) in [6.07, 6.45) is 3.97. The van der Waals surface area contributed by atoms with Gasteiger partial charge in [-0.05, 0) is 30.9 Å². The highest BCUT2D eigenvalue weighted by Gasteiger charge is 2.21. The van der Waals surface area contributed by atoms with E-state index in [1.54, 1.807) is 6.26 Å². The highest BCUT2D eigenvalue weighted by atomic mass is 32.2. The minimum absolute atomic E-state index is 0.196. The number of hydrogen-bond donors (Lipinski definition) is 1. The molecule has 0 unspecified atom stereocenters. The first-order valence-electron chi connectivity index (χ1n) is 7.71. The molecule has 6 nitrogen and oxygen atoms in total. The van der Waals surface area contributed by atoms with Crippen molar-refractivity contribution in [3.63, 3.8) is 0 Å². The van der Waals surface area contributed by atoms with Gasteiger partial charge in [-0.1, -0.05) is 30.0 Å². The standard InChI is InChI=1S/C15H20N4O2S2/c1-11-4-2-6-19(9-11)13(20)10-22-15-18-17-14(23-15)16-8-12-5-3-7-21-12/h3,5,7,11H,2,4,6,8-10H2,1H3,(H,16,17)/t11-/m1/s1. The fraction of sp³-hybridized carbons (Fsp3) is 0.533. The first-order valence-corrected chi connectivity index (χ1v) is 9.51. The molecule has 0 bridgehead atoms. The van der Waals surface area contributed by atoms with Crippen molar-refractivity contribution in [1.82, 2.24) is 15.1 Å². The Kier molecular flexibility index (Phi) is 5.56. The molecule has 0 spiro atoms. The Balaban J connectivity index is 1.44. The van der Waals surface area contributed by atoms with E-state index in [0.717, 1.165) is 34.7 Å². The van der Waals surface area contributed by atoms with Crippen LogP contribution in [0.3, 0.4) is 0 Å². The minimum atomic E-state index is 0.196. The lowest BCUT2D eigenvalue weighted by Crippen LogP contribution is -2.40. The second kappa shape index (κ2) is 7.83. The number of nitrogens with one attached hydrogen (secondary N) is 1. The van der Waals surface area contributed by atoms with E-state index in [1.807, 2.05) is 17.0 Å². The van der Waals surface area contributed by atoms with E-state index in [9.17, 15) is 4.79 Å². The molecule has 2 aromatic rings. The van der Waals surface area contributed by atoms with Gasteiger partial charge in [0.05, 0.1) is 18.6 Å². The lowest BCUT2D eigenvalue weighted by molar-refractivity contribution is -0.130. The molecule has 0 saturated carbocycles. The smallest absolute Gasteiger partial charge is 0.233 e. The summed E-state index contributed by atoms with van der Waals surface area (Å²) < 4.78 is 6.07. The highest BCUT2D eigenvalue weighted by molar-refractivity contribution is 8.01. The number of anilines is 1. The van der Waals surface area contributed by atoms with Crippen molar-refractivity contribution in [2.24, 2.45) is 5.92 Å². The van der Waals surface area contributed by atoms with Crippen LogP contribution in [0.5, 0.6) is 0 Å². The third-order valence-electron chi connectivity index (χ3n) is 3.73. The Bertz CT molecular complexity index is 629. The average Bonchev–Trinajstić information content (AvgIpc) is 3.22. The number of amides is 1. The van der Waals surface area contributed by atoms with Crippen molar-refractivity contribution in [3.8, 4) is 0 Å². The molecule has 1 saturated heterocycles. The zero-order valence-corrected chi connectivity index (χ0v) is 14.7. The fourth-order valence-corrected chi connectivity index (χ4v) is 4.20. The molecule has 1 aliphatic heterocycles. The Morgan fingerprint density at radius 3 is 3.26 bits per heavy atom. The monoisotopic (exact) mass is 352 g/mol. The van der Waals surface area contributed by atoms with E-state index < -0.39 is 0 Å². The third-order valence-corrected chi connectivity index (χ3v) is 5.73. The highest BCUT2D eigenvalue weighted by Crippen LogP contribution is 2.26. The normalized spacial score (nSPS) is 18.1. The van der Waals surface area contributed by atoms with Crippen molar-refractivity contribution in [1.29, 1.82) is 0 Å². The fourth-order valence-electron chi connectivity index (χ4n) is 2.55. The van der Waals surface area contributed by atoms with Gasteiger partial charge in [-0.25, -0.2) is 0 Å². The Labute approximate surface area is 143 Å². The number of carbonyl (C=O) groups excluding carboxylic acids is 1. The largest absolute Gasteiger partial charge is 0.467 e. The molecule has 124 valence electrons. The van der Waals surface area contributed by atoms with Crippen molar-refractivity contribution in [2.45, 2.75) is 30.6 Å². The number of hydrogen-bond acceptors (Lipinski definition) is 7. The molecule has 0 radical (unpaired) electrons. The van der Waals surface area contributed by atoms with Crippen molar-refractivity contribution >= 4 is 34.1 Å². The summed E-state index contributed by atoms with van der Waals surface area (Å²) in [4.78, 5) is 14.2. The van der Waals surface area contributed by atoms with Crippen LogP contribution < -0.4 is 5.32 Å². The maximum Gasteiger partial charge on any atom is 0.233 e. The SMILES string of the molecule is C[C@@H]1CCCN(C(=O)CSc2nnc(NCc3ccco3)s2)C1. The van der Waals surface area contributed by atoms with Gasteiger partial charge in [0.15, 0.2) is 4.34 Å². The molecule has 0 aromatic carbocycles. The van der Waals surface area contributed by atoms with E-state index in [0.29, 0.717) is 18.2 Å². The molecule has 23 heavy (non-hydrogen) atoms. The Hall–Kier alpha value is -1.54. The molecule has 1 atom stereocenters. The molecule has 8 heteroatoms. The van der Waals surface area contributed by atoms with Crippen LogP contribution in [0.15, 0.2) is 27.2 Å². The summed E-state index contributed by atoms with van der Waals surface area (Å²) >= 11 is 2.92. The van der Waals surface area contributed by atoms with Gasteiger partial charge in [-0.3, -0.25) is 4.79 Å². The molecule has 1 amide bonds. The van der Waals surface area contributed by atoms with Crippen LogP contribution in [-0.4, -0.2) is 39.8 Å². The first-order chi connectivity index (χ1) is 11.2. The molecule has 0 aliphatic carbocycles. The molecule has 2 aromatic heterocycles. The van der Waals surface area contributed by atoms with Gasteiger partial charge in [-0.2, -0.15) is 0 Å². The van der Waals surface area contributed by atoms with Crippen LogP contribution in [0.2, 0.25) is 0 Å². The van der Waals surface area contributed by atoms with Crippen LogP contribution in [0.25, 0.3) is 0 Å². The van der Waals surface area contributed by atoms with Crippen LogP contribution in [-0.2, 0) is 11.3 Å². The van der Waals surface area contributed by atoms with Crippen molar-refractivity contribution in [3.05, 3.63) is 24.2 Å². The van der Waals surface area contributed by atoms with Gasteiger partial charge in [-0.15, -0.1) is 10.2 Å². The van der Waals surface area contributed by atoms with Crippen molar-refractivity contribution < 1.29 is 9.21 Å². The summed E-state index contributed by atoms with van der Waals surface area (Å²) in [5.41, 5.74) is 0. The predicted octanol–water partition coefficient (Wildman–Crippen LogP) is 3.09. The van der Waals surface area contributed by atoms with Crippen LogP contribution in [0.4, 0.5) is 5.13 Å². The quantitative estimate of drug-likeness (QED) is 0.806. The minimum Gasteiger partial charge on any atom is -0.467 e. The lowest BCUT2D eigenvalue weighted by Gasteiger charge is -2.30. The number of carbonyl (C=O) groups is 1. The number of likely N-dealkylation sites (tertiary alicyclic amines) is 1. The van der Waals surface area contributed by atoms with E-state index in [1.165, 1.54) is 29.5 Å². The molecule has 1 aliphatic rings. The summed E-state index contributed by atoms with van der Waals surface area (Å²) in [5, 5.41) is 12.1. The van der Waals surface area contributed by atoms with Crippen LogP contribution >= 0.6 is 23.1 Å². The second-order valence-corrected chi connectivity index (χ2v) is 7.88. The first kappa shape index (κ1) is 16.3. The zero-order chi connectivity index (χ0) is 16.1. The van der Waals surface area contributed by atoms with E-state index in [2.05, 4.69) is 22.4 Å². The summed E-state index contributed by atoms with van der Waals surface area (Å²) in [7, 11) is 0. The predicted molar refractivity (Wildman–Crippen MR) is 91.6 cm³/mol. The molecular weight excluding hydrogens is 332 g/mol. The molecule has 1 N–H and O–H groups in total. The number of aromatic nitrogens is 2. The maximum absolute atomic E-state index is 12.2. The molecular formula is C15H20N4O2S2. The van der Waals surface area contributed by atoms with Crippen LogP contribution in [0, 0.1) is 5.92 Å². The van der Waals surface area contributed by atoms with Gasteiger partial charge < -0.3 is 14.6 Å². The average molecular weight is 352 g/mol. The Morgan fingerprint density at radius 1 is 1.57 bits per heavy atom. The molecule has 1 fully saturated rings. The summed E-state index contributed by atoms with van der Waals surface area (Å²) in [6, 6.07) is 3.76. The Morgan fingerprint density at radius 2 is 2.48 bits per heavy atom. The van der Waals surface area contributed by atoms with E-state index in [-0.39, 0.29) is 5.91 Å². The maximum atomic E-state index is 12.2. The number of piperidine rings is 1. The number of thioether (sulfide) groups is 1. The molecule has 3 rings (SSSR count). The van der Waals surface area contributed by atoms with Crippen molar-refractivity contribution in [2.75, 3.05) is 24.2 Å². The number of furan rings is 1. The lowest BCUT2D eigenvalue weighted by atomic mass is 10.0. The van der Waals surface area contributed by atoms with Crippen LogP contribution in [0.1, 0.15) is 25.5 Å². The van der Waals surface area contributed by atoms with Gasteiger partial charge >= 0.3 is 0 Å². The summed E-state index contributed by atoms with van der Waals surface area (Å²) in [5.74, 6) is 2.08. The zero-order valence-electron chi connectivity index (χ0n) is 13.0. The van der Waals surface area contributed by atoms with E-state index in [4.69, 9.17) is 4.42 Å². The summed E-state index contributed by atoms with van der Waals surface area (Å²) in [6.45, 7) is 4.55. The number of rotatable bonds is 6. The molecule has 3 heterocycles. The van der Waals surface area contributed by atoms with E-state index >= 15 is 0 Å². The van der Waals surface area contributed by atoms with Gasteiger partial charge in [0.25, 0.3) is 0 Å². The van der Waals surface area contributed by atoms with Gasteiger partial charge in [0, 0.05) is 13.1 Å².